The van der Waals surface area contributed by atoms with Crippen molar-refractivity contribution < 1.29 is 14.3 Å². The lowest BCUT2D eigenvalue weighted by Gasteiger charge is -2.04. The molecular weight excluding hydrogens is 144 g/mol. The smallest absolute Gasteiger partial charge is 0.316 e. The largest absolute Gasteiger partial charge is 0.468 e. The zero-order valence-corrected chi connectivity index (χ0v) is 6.79. The van der Waals surface area contributed by atoms with E-state index in [0.29, 0.717) is 6.42 Å². The molecule has 0 aromatic rings. The molecule has 2 atom stereocenters. The second kappa shape index (κ2) is 3.03. The Bertz CT molecular complexity index is 186. The van der Waals surface area contributed by atoms with E-state index in [1.165, 1.54) is 7.11 Å². The van der Waals surface area contributed by atoms with E-state index < -0.39 is 5.92 Å². The monoisotopic (exact) mass is 156 g/mol. The molecule has 11 heavy (non-hydrogen) atoms. The van der Waals surface area contributed by atoms with Crippen molar-refractivity contribution in [3.05, 3.63) is 0 Å². The van der Waals surface area contributed by atoms with E-state index in [4.69, 9.17) is 0 Å². The molecule has 1 aliphatic rings. The van der Waals surface area contributed by atoms with Gasteiger partial charge in [0.15, 0.2) is 0 Å². The number of hydrogen-bond donors (Lipinski definition) is 0. The number of ketones is 1. The predicted octanol–water partition coefficient (Wildman–Crippen LogP) is 0.775. The third-order valence-electron chi connectivity index (χ3n) is 2.20. The first kappa shape index (κ1) is 8.24. The molecule has 3 heteroatoms. The Morgan fingerprint density at radius 2 is 2.18 bits per heavy atom. The van der Waals surface area contributed by atoms with E-state index in [1.807, 2.05) is 6.92 Å². The van der Waals surface area contributed by atoms with Crippen LogP contribution in [-0.4, -0.2) is 18.9 Å². The molecule has 0 aromatic heterocycles. The average Bonchev–Trinajstić information content (AvgIpc) is 2.32. The minimum absolute atomic E-state index is 0.0388. The summed E-state index contributed by atoms with van der Waals surface area (Å²) in [6, 6.07) is 0. The van der Waals surface area contributed by atoms with Gasteiger partial charge < -0.3 is 4.74 Å². The predicted molar refractivity (Wildman–Crippen MR) is 38.9 cm³/mol. The van der Waals surface area contributed by atoms with Crippen LogP contribution in [-0.2, 0) is 14.3 Å². The lowest BCUT2D eigenvalue weighted by Crippen LogP contribution is -2.22. The van der Waals surface area contributed by atoms with Crippen LogP contribution >= 0.6 is 0 Å². The van der Waals surface area contributed by atoms with E-state index >= 15 is 0 Å². The minimum atomic E-state index is -0.477. The summed E-state index contributed by atoms with van der Waals surface area (Å²) in [7, 11) is 1.32. The van der Waals surface area contributed by atoms with Crippen LogP contribution in [0.15, 0.2) is 0 Å². The fourth-order valence-electron chi connectivity index (χ4n) is 1.42. The van der Waals surface area contributed by atoms with E-state index in [9.17, 15) is 9.59 Å². The molecule has 62 valence electrons. The third-order valence-corrected chi connectivity index (χ3v) is 2.20. The van der Waals surface area contributed by atoms with Gasteiger partial charge in [0, 0.05) is 5.92 Å². The number of carbonyl (C=O) groups excluding carboxylic acids is 2. The molecule has 0 aliphatic heterocycles. The lowest BCUT2D eigenvalue weighted by molar-refractivity contribution is -0.148. The van der Waals surface area contributed by atoms with Gasteiger partial charge in [0.2, 0.25) is 0 Å². The normalized spacial score (nSPS) is 30.5. The molecule has 0 N–H and O–H groups in total. The molecule has 3 nitrogen and oxygen atoms in total. The molecule has 1 aliphatic carbocycles. The van der Waals surface area contributed by atoms with Crippen molar-refractivity contribution in [2.75, 3.05) is 7.11 Å². The number of carbonyl (C=O) groups is 2. The highest BCUT2D eigenvalue weighted by Gasteiger charge is 2.36. The average molecular weight is 156 g/mol. The van der Waals surface area contributed by atoms with Crippen LogP contribution in [0.3, 0.4) is 0 Å². The summed E-state index contributed by atoms with van der Waals surface area (Å²) in [5.41, 5.74) is 0. The number of Topliss-reactive ketones (excluding diaryl/α,β-unsaturated/α-hetero) is 1. The zero-order chi connectivity index (χ0) is 8.43. The van der Waals surface area contributed by atoms with Crippen LogP contribution < -0.4 is 0 Å². The SMILES string of the molecule is COC(=O)[C@@H]1CC[C@@H](C)C1=O. The Morgan fingerprint density at radius 1 is 1.55 bits per heavy atom. The quantitative estimate of drug-likeness (QED) is 0.416. The summed E-state index contributed by atoms with van der Waals surface area (Å²) >= 11 is 0. The summed E-state index contributed by atoms with van der Waals surface area (Å²) < 4.78 is 4.49. The fraction of sp³-hybridized carbons (Fsp3) is 0.750. The van der Waals surface area contributed by atoms with Crippen LogP contribution in [0.1, 0.15) is 19.8 Å². The number of methoxy groups -OCH3 is 1. The minimum Gasteiger partial charge on any atom is -0.468 e. The molecule has 0 saturated heterocycles. The van der Waals surface area contributed by atoms with Gasteiger partial charge in [-0.05, 0) is 12.8 Å². The molecule has 0 heterocycles. The molecule has 1 saturated carbocycles. The zero-order valence-electron chi connectivity index (χ0n) is 6.79. The van der Waals surface area contributed by atoms with Crippen LogP contribution in [0.4, 0.5) is 0 Å². The van der Waals surface area contributed by atoms with Crippen molar-refractivity contribution in [2.24, 2.45) is 11.8 Å². The first-order valence-electron chi connectivity index (χ1n) is 3.78. The van der Waals surface area contributed by atoms with Crippen LogP contribution in [0.5, 0.6) is 0 Å². The van der Waals surface area contributed by atoms with Crippen molar-refractivity contribution in [2.45, 2.75) is 19.8 Å². The summed E-state index contributed by atoms with van der Waals surface area (Å²) in [6.45, 7) is 1.85. The summed E-state index contributed by atoms with van der Waals surface area (Å²) in [4.78, 5) is 22.1. The molecule has 0 amide bonds. The van der Waals surface area contributed by atoms with Gasteiger partial charge in [-0.3, -0.25) is 9.59 Å². The summed E-state index contributed by atoms with van der Waals surface area (Å²) in [5.74, 6) is -0.773. The summed E-state index contributed by atoms with van der Waals surface area (Å²) in [5, 5.41) is 0. The molecule has 0 unspecified atom stereocenters. The van der Waals surface area contributed by atoms with Gasteiger partial charge >= 0.3 is 5.97 Å². The number of rotatable bonds is 1. The van der Waals surface area contributed by atoms with Crippen molar-refractivity contribution in [3.8, 4) is 0 Å². The molecular formula is C8H12O3. The first-order chi connectivity index (χ1) is 5.16. The van der Waals surface area contributed by atoms with E-state index in [2.05, 4.69) is 4.74 Å². The topological polar surface area (TPSA) is 43.4 Å². The highest BCUT2D eigenvalue weighted by atomic mass is 16.5. The third kappa shape index (κ3) is 1.42. The molecule has 0 aromatic carbocycles. The first-order valence-corrected chi connectivity index (χ1v) is 3.78. The maximum Gasteiger partial charge on any atom is 0.316 e. The highest BCUT2D eigenvalue weighted by Crippen LogP contribution is 2.27. The maximum absolute atomic E-state index is 11.2. The van der Waals surface area contributed by atoms with Crippen LogP contribution in [0, 0.1) is 11.8 Å². The highest BCUT2D eigenvalue weighted by molar-refractivity contribution is 6.01. The van der Waals surface area contributed by atoms with Gasteiger partial charge in [-0.2, -0.15) is 0 Å². The van der Waals surface area contributed by atoms with Gasteiger partial charge in [0.05, 0.1) is 7.11 Å². The standard InChI is InChI=1S/C8H12O3/c1-5-3-4-6(7(5)9)8(10)11-2/h5-6H,3-4H2,1-2H3/t5-,6-/m1/s1. The van der Waals surface area contributed by atoms with E-state index in [-0.39, 0.29) is 17.7 Å². The number of esters is 1. The number of hydrogen-bond acceptors (Lipinski definition) is 3. The van der Waals surface area contributed by atoms with Crippen molar-refractivity contribution in [1.29, 1.82) is 0 Å². The maximum atomic E-state index is 11.2. The second-order valence-corrected chi connectivity index (χ2v) is 2.96. The van der Waals surface area contributed by atoms with Crippen LogP contribution in [0.2, 0.25) is 0 Å². The van der Waals surface area contributed by atoms with Gasteiger partial charge in [0.1, 0.15) is 11.7 Å². The Kier molecular flexibility index (Phi) is 2.27. The Morgan fingerprint density at radius 3 is 2.55 bits per heavy atom. The molecule has 0 radical (unpaired) electrons. The number of ether oxygens (including phenoxy) is 1. The van der Waals surface area contributed by atoms with Crippen molar-refractivity contribution in [1.82, 2.24) is 0 Å². The van der Waals surface area contributed by atoms with Gasteiger partial charge in [-0.15, -0.1) is 0 Å². The van der Waals surface area contributed by atoms with E-state index in [0.717, 1.165) is 6.42 Å². The molecule has 0 bridgehead atoms. The second-order valence-electron chi connectivity index (χ2n) is 2.96. The van der Waals surface area contributed by atoms with Gasteiger partial charge in [-0.1, -0.05) is 6.92 Å². The Balaban J connectivity index is 2.62. The fourth-order valence-corrected chi connectivity index (χ4v) is 1.42. The van der Waals surface area contributed by atoms with Gasteiger partial charge in [-0.25, -0.2) is 0 Å². The van der Waals surface area contributed by atoms with Crippen molar-refractivity contribution >= 4 is 11.8 Å². The van der Waals surface area contributed by atoms with Crippen molar-refractivity contribution in [3.63, 3.8) is 0 Å². The lowest BCUT2D eigenvalue weighted by atomic mass is 10.1. The van der Waals surface area contributed by atoms with Crippen LogP contribution in [0.25, 0.3) is 0 Å². The molecule has 1 fully saturated rings. The summed E-state index contributed by atoms with van der Waals surface area (Å²) in [6.07, 6.45) is 1.48. The van der Waals surface area contributed by atoms with Gasteiger partial charge in [0.25, 0.3) is 0 Å². The molecule has 0 spiro atoms. The Hall–Kier alpha value is -0.860. The van der Waals surface area contributed by atoms with E-state index in [1.54, 1.807) is 0 Å². The Labute approximate surface area is 65.7 Å². The molecule has 1 rings (SSSR count).